The molecule has 0 spiro atoms. The molecule has 0 unspecified atom stereocenters. The second kappa shape index (κ2) is 4.01. The molecule has 0 amide bonds. The van der Waals surface area contributed by atoms with Crippen LogP contribution in [0, 0.1) is 24.1 Å². The van der Waals surface area contributed by atoms with Gasteiger partial charge in [-0.05, 0) is 18.6 Å². The third-order valence-electron chi connectivity index (χ3n) is 1.87. The summed E-state index contributed by atoms with van der Waals surface area (Å²) in [7, 11) is 0. The van der Waals surface area contributed by atoms with Crippen LogP contribution in [0.3, 0.4) is 0 Å². The molecule has 1 aromatic rings. The van der Waals surface area contributed by atoms with Gasteiger partial charge in [-0.2, -0.15) is 5.26 Å². The Kier molecular flexibility index (Phi) is 2.99. The highest BCUT2D eigenvalue weighted by atomic mass is 19.1. The Hall–Kier alpha value is -1.40. The van der Waals surface area contributed by atoms with Crippen LogP contribution < -0.4 is 5.73 Å². The molecular weight excluding hydrogens is 167 g/mol. The lowest BCUT2D eigenvalue weighted by Crippen LogP contribution is -2.11. The van der Waals surface area contributed by atoms with Crippen molar-refractivity contribution in [3.8, 4) is 6.07 Å². The van der Waals surface area contributed by atoms with Crippen LogP contribution in [-0.4, -0.2) is 0 Å². The van der Waals surface area contributed by atoms with Gasteiger partial charge in [-0.25, -0.2) is 4.39 Å². The predicted octanol–water partition coefficient (Wildman–Crippen LogP) is 2.05. The van der Waals surface area contributed by atoms with Crippen molar-refractivity contribution >= 4 is 0 Å². The molecule has 0 aliphatic heterocycles. The summed E-state index contributed by atoms with van der Waals surface area (Å²) in [5, 5.41) is 8.39. The first-order chi connectivity index (χ1) is 6.15. The number of nitrogens with two attached hydrogens (primary N) is 1. The molecular formula is C10H11FN2. The maximum absolute atomic E-state index is 13.2. The lowest BCUT2D eigenvalue weighted by molar-refractivity contribution is 0.584. The SMILES string of the molecule is Cc1ccc([C@H](N)CC#N)c(F)c1. The van der Waals surface area contributed by atoms with Gasteiger partial charge in [-0.15, -0.1) is 0 Å². The van der Waals surface area contributed by atoms with Crippen LogP contribution in [0.4, 0.5) is 4.39 Å². The maximum Gasteiger partial charge on any atom is 0.128 e. The van der Waals surface area contributed by atoms with Gasteiger partial charge in [0.2, 0.25) is 0 Å². The van der Waals surface area contributed by atoms with Crippen molar-refractivity contribution in [3.05, 3.63) is 35.1 Å². The van der Waals surface area contributed by atoms with Crippen molar-refractivity contribution < 1.29 is 4.39 Å². The largest absolute Gasteiger partial charge is 0.323 e. The van der Waals surface area contributed by atoms with E-state index in [1.54, 1.807) is 12.1 Å². The highest BCUT2D eigenvalue weighted by Gasteiger charge is 2.10. The molecule has 1 rings (SSSR count). The molecule has 68 valence electrons. The van der Waals surface area contributed by atoms with Crippen molar-refractivity contribution in [1.82, 2.24) is 0 Å². The second-order valence-corrected chi connectivity index (χ2v) is 2.99. The van der Waals surface area contributed by atoms with E-state index in [2.05, 4.69) is 0 Å². The van der Waals surface area contributed by atoms with Crippen LogP contribution in [0.25, 0.3) is 0 Å². The Morgan fingerprint density at radius 1 is 1.62 bits per heavy atom. The van der Waals surface area contributed by atoms with E-state index in [0.29, 0.717) is 5.56 Å². The monoisotopic (exact) mass is 178 g/mol. The number of rotatable bonds is 2. The maximum atomic E-state index is 13.2. The quantitative estimate of drug-likeness (QED) is 0.753. The average molecular weight is 178 g/mol. The Labute approximate surface area is 76.8 Å². The van der Waals surface area contributed by atoms with E-state index in [-0.39, 0.29) is 12.2 Å². The minimum atomic E-state index is -0.523. The fourth-order valence-corrected chi connectivity index (χ4v) is 1.14. The minimum absolute atomic E-state index is 0.139. The van der Waals surface area contributed by atoms with Gasteiger partial charge in [0.1, 0.15) is 5.82 Å². The van der Waals surface area contributed by atoms with E-state index in [4.69, 9.17) is 11.0 Å². The number of nitriles is 1. The molecule has 0 bridgehead atoms. The highest BCUT2D eigenvalue weighted by Crippen LogP contribution is 2.18. The van der Waals surface area contributed by atoms with Gasteiger partial charge < -0.3 is 5.73 Å². The van der Waals surface area contributed by atoms with Crippen LogP contribution >= 0.6 is 0 Å². The number of aryl methyl sites for hydroxylation is 1. The van der Waals surface area contributed by atoms with Gasteiger partial charge in [-0.3, -0.25) is 0 Å². The molecule has 2 nitrogen and oxygen atoms in total. The normalized spacial score (nSPS) is 12.2. The standard InChI is InChI=1S/C10H11FN2/c1-7-2-3-8(9(11)6-7)10(13)4-5-12/h2-3,6,10H,4,13H2,1H3/t10-/m1/s1. The Morgan fingerprint density at radius 3 is 2.85 bits per heavy atom. The minimum Gasteiger partial charge on any atom is -0.323 e. The number of benzene rings is 1. The average Bonchev–Trinajstić information content (AvgIpc) is 2.04. The highest BCUT2D eigenvalue weighted by molar-refractivity contribution is 5.26. The van der Waals surface area contributed by atoms with E-state index in [9.17, 15) is 4.39 Å². The molecule has 1 aromatic carbocycles. The summed E-state index contributed by atoms with van der Waals surface area (Å²) < 4.78 is 13.2. The van der Waals surface area contributed by atoms with Gasteiger partial charge in [0.05, 0.1) is 12.5 Å². The Balaban J connectivity index is 2.96. The zero-order valence-electron chi connectivity index (χ0n) is 7.42. The molecule has 0 radical (unpaired) electrons. The van der Waals surface area contributed by atoms with Crippen molar-refractivity contribution in [3.63, 3.8) is 0 Å². The number of hydrogen-bond donors (Lipinski definition) is 1. The summed E-state index contributed by atoms with van der Waals surface area (Å²) in [6.07, 6.45) is 0.139. The molecule has 3 heteroatoms. The molecule has 0 saturated carbocycles. The lowest BCUT2D eigenvalue weighted by atomic mass is 10.0. The van der Waals surface area contributed by atoms with E-state index in [0.717, 1.165) is 5.56 Å². The number of hydrogen-bond acceptors (Lipinski definition) is 2. The summed E-state index contributed by atoms with van der Waals surface area (Å²) in [6, 6.07) is 6.24. The van der Waals surface area contributed by atoms with Crippen LogP contribution in [0.5, 0.6) is 0 Å². The van der Waals surface area contributed by atoms with Gasteiger partial charge in [0, 0.05) is 11.6 Å². The van der Waals surface area contributed by atoms with Gasteiger partial charge in [-0.1, -0.05) is 12.1 Å². The second-order valence-electron chi connectivity index (χ2n) is 2.99. The summed E-state index contributed by atoms with van der Waals surface area (Å²) in [4.78, 5) is 0. The van der Waals surface area contributed by atoms with Crippen LogP contribution in [-0.2, 0) is 0 Å². The van der Waals surface area contributed by atoms with Crippen LogP contribution in [0.1, 0.15) is 23.6 Å². The number of nitrogens with zero attached hydrogens (tertiary/aromatic N) is 1. The summed E-state index contributed by atoms with van der Waals surface area (Å²) in [6.45, 7) is 1.81. The van der Waals surface area contributed by atoms with Crippen molar-refractivity contribution in [1.29, 1.82) is 5.26 Å². The summed E-state index contributed by atoms with van der Waals surface area (Å²) in [5.41, 5.74) is 6.86. The van der Waals surface area contributed by atoms with Crippen molar-refractivity contribution in [2.75, 3.05) is 0 Å². The van der Waals surface area contributed by atoms with E-state index >= 15 is 0 Å². The predicted molar refractivity (Wildman–Crippen MR) is 48.3 cm³/mol. The molecule has 0 aliphatic carbocycles. The first-order valence-electron chi connectivity index (χ1n) is 4.03. The lowest BCUT2D eigenvalue weighted by Gasteiger charge is -2.09. The van der Waals surface area contributed by atoms with Gasteiger partial charge >= 0.3 is 0 Å². The molecule has 0 aromatic heterocycles. The smallest absolute Gasteiger partial charge is 0.128 e. The first-order valence-corrected chi connectivity index (χ1v) is 4.03. The summed E-state index contributed by atoms with van der Waals surface area (Å²) >= 11 is 0. The Morgan fingerprint density at radius 2 is 2.31 bits per heavy atom. The molecule has 1 atom stereocenters. The van der Waals surface area contributed by atoms with E-state index in [1.165, 1.54) is 6.07 Å². The van der Waals surface area contributed by atoms with Crippen molar-refractivity contribution in [2.24, 2.45) is 5.73 Å². The third kappa shape index (κ3) is 2.27. The zero-order valence-corrected chi connectivity index (χ0v) is 7.42. The number of halogens is 1. The van der Waals surface area contributed by atoms with Crippen LogP contribution in [0.15, 0.2) is 18.2 Å². The molecule has 2 N–H and O–H groups in total. The fraction of sp³-hybridized carbons (Fsp3) is 0.300. The molecule has 0 heterocycles. The topological polar surface area (TPSA) is 49.8 Å². The molecule has 0 fully saturated rings. The summed E-state index contributed by atoms with van der Waals surface area (Å²) in [5.74, 6) is -0.331. The fourth-order valence-electron chi connectivity index (χ4n) is 1.14. The molecule has 0 saturated heterocycles. The first kappa shape index (κ1) is 9.69. The van der Waals surface area contributed by atoms with E-state index in [1.807, 2.05) is 13.0 Å². The zero-order chi connectivity index (χ0) is 9.84. The molecule has 13 heavy (non-hydrogen) atoms. The van der Waals surface area contributed by atoms with E-state index < -0.39 is 6.04 Å². The van der Waals surface area contributed by atoms with Gasteiger partial charge in [0.15, 0.2) is 0 Å². The van der Waals surface area contributed by atoms with Gasteiger partial charge in [0.25, 0.3) is 0 Å². The Bertz CT molecular complexity index is 341. The van der Waals surface area contributed by atoms with Crippen molar-refractivity contribution in [2.45, 2.75) is 19.4 Å². The third-order valence-corrected chi connectivity index (χ3v) is 1.87. The van der Waals surface area contributed by atoms with Crippen LogP contribution in [0.2, 0.25) is 0 Å². The molecule has 0 aliphatic rings.